The molecule has 1 heterocycles. The van der Waals surface area contributed by atoms with E-state index in [1.807, 2.05) is 24.3 Å². The van der Waals surface area contributed by atoms with Crippen LogP contribution in [0.4, 0.5) is 0 Å². The van der Waals surface area contributed by atoms with Crippen LogP contribution in [-0.4, -0.2) is 18.8 Å². The van der Waals surface area contributed by atoms with E-state index in [1.165, 1.54) is 16.5 Å². The molecule has 0 saturated heterocycles. The summed E-state index contributed by atoms with van der Waals surface area (Å²) in [5.74, 6) is 1.74. The number of halogens is 1. The summed E-state index contributed by atoms with van der Waals surface area (Å²) in [6.07, 6.45) is 2.09. The number of hydrogen-bond acceptors (Lipinski definition) is 2. The third kappa shape index (κ3) is 2.76. The molecule has 0 radical (unpaired) electrons. The topological polar surface area (TPSA) is 23.4 Å². The van der Waals surface area contributed by atoms with Crippen LogP contribution in [0.5, 0.6) is 11.5 Å². The smallest absolute Gasteiger partial charge is 0.119 e. The summed E-state index contributed by atoms with van der Waals surface area (Å²) in [4.78, 5) is 0. The predicted octanol–water partition coefficient (Wildman–Crippen LogP) is 4.47. The maximum atomic E-state index is 5.30. The molecule has 21 heavy (non-hydrogen) atoms. The normalized spacial score (nSPS) is 10.8. The lowest BCUT2D eigenvalue weighted by Crippen LogP contribution is -1.99. The molecule has 3 nitrogen and oxygen atoms in total. The molecule has 0 N–H and O–H groups in total. The Morgan fingerprint density at radius 2 is 1.67 bits per heavy atom. The molecule has 2 aromatic carbocycles. The van der Waals surface area contributed by atoms with Crippen molar-refractivity contribution in [2.45, 2.75) is 6.54 Å². The molecule has 0 saturated carbocycles. The average molecular weight is 346 g/mol. The van der Waals surface area contributed by atoms with Crippen LogP contribution < -0.4 is 9.47 Å². The first-order valence-electron chi connectivity index (χ1n) is 6.66. The number of methoxy groups -OCH3 is 2. The van der Waals surface area contributed by atoms with E-state index in [0.717, 1.165) is 22.5 Å². The zero-order valence-electron chi connectivity index (χ0n) is 12.0. The van der Waals surface area contributed by atoms with Crippen LogP contribution in [-0.2, 0) is 6.54 Å². The highest BCUT2D eigenvalue weighted by Gasteiger charge is 2.07. The lowest BCUT2D eigenvalue weighted by atomic mass is 10.2. The number of aromatic nitrogens is 1. The Morgan fingerprint density at radius 3 is 2.43 bits per heavy atom. The molecular weight excluding hydrogens is 330 g/mol. The van der Waals surface area contributed by atoms with Gasteiger partial charge in [0.1, 0.15) is 11.5 Å². The second kappa shape index (κ2) is 5.82. The van der Waals surface area contributed by atoms with Crippen LogP contribution >= 0.6 is 15.9 Å². The Labute approximate surface area is 132 Å². The third-order valence-electron chi connectivity index (χ3n) is 3.57. The van der Waals surface area contributed by atoms with Crippen molar-refractivity contribution in [3.05, 3.63) is 58.7 Å². The molecule has 0 spiro atoms. The van der Waals surface area contributed by atoms with E-state index in [9.17, 15) is 0 Å². The Hall–Kier alpha value is -1.94. The van der Waals surface area contributed by atoms with Crippen LogP contribution in [0, 0.1) is 0 Å². The van der Waals surface area contributed by atoms with Crippen molar-refractivity contribution in [3.8, 4) is 11.5 Å². The van der Waals surface area contributed by atoms with Gasteiger partial charge in [0.25, 0.3) is 0 Å². The zero-order chi connectivity index (χ0) is 14.8. The van der Waals surface area contributed by atoms with Crippen molar-refractivity contribution >= 4 is 26.8 Å². The van der Waals surface area contributed by atoms with E-state index in [4.69, 9.17) is 9.47 Å². The molecule has 108 valence electrons. The fraction of sp³-hybridized carbons (Fsp3) is 0.176. The van der Waals surface area contributed by atoms with Crippen LogP contribution in [0.15, 0.2) is 53.1 Å². The number of fused-ring (bicyclic) bond motifs is 1. The fourth-order valence-corrected chi connectivity index (χ4v) is 2.80. The number of ether oxygens (including phenoxy) is 2. The molecule has 3 aromatic rings. The average Bonchev–Trinajstić information content (AvgIpc) is 2.91. The van der Waals surface area contributed by atoms with Gasteiger partial charge >= 0.3 is 0 Å². The molecule has 0 aliphatic heterocycles. The van der Waals surface area contributed by atoms with E-state index in [2.05, 4.69) is 44.9 Å². The van der Waals surface area contributed by atoms with Crippen molar-refractivity contribution in [3.63, 3.8) is 0 Å². The quantitative estimate of drug-likeness (QED) is 0.696. The number of nitrogens with zero attached hydrogens (tertiary/aromatic N) is 1. The van der Waals surface area contributed by atoms with E-state index in [1.54, 1.807) is 14.2 Å². The molecule has 0 aliphatic carbocycles. The Morgan fingerprint density at radius 1 is 0.952 bits per heavy atom. The highest BCUT2D eigenvalue weighted by atomic mass is 79.9. The van der Waals surface area contributed by atoms with E-state index in [0.29, 0.717) is 0 Å². The predicted molar refractivity (Wildman–Crippen MR) is 88.3 cm³/mol. The van der Waals surface area contributed by atoms with Gasteiger partial charge < -0.3 is 14.0 Å². The lowest BCUT2D eigenvalue weighted by Gasteiger charge is -2.10. The monoisotopic (exact) mass is 345 g/mol. The first-order valence-corrected chi connectivity index (χ1v) is 7.46. The molecule has 0 bridgehead atoms. The van der Waals surface area contributed by atoms with Crippen LogP contribution in [0.25, 0.3) is 10.9 Å². The minimum Gasteiger partial charge on any atom is -0.497 e. The van der Waals surface area contributed by atoms with Crippen molar-refractivity contribution in [2.24, 2.45) is 0 Å². The van der Waals surface area contributed by atoms with E-state index >= 15 is 0 Å². The minimum absolute atomic E-state index is 0.785. The SMILES string of the molecule is COc1ccc(Br)c(Cn2ccc3cc(OC)ccc32)c1. The molecule has 0 fully saturated rings. The Balaban J connectivity index is 1.98. The molecule has 3 rings (SSSR count). The molecule has 0 aliphatic rings. The van der Waals surface area contributed by atoms with Gasteiger partial charge in [-0.25, -0.2) is 0 Å². The van der Waals surface area contributed by atoms with Gasteiger partial charge in [0.05, 0.1) is 14.2 Å². The summed E-state index contributed by atoms with van der Waals surface area (Å²) in [6, 6.07) is 14.2. The second-order valence-corrected chi connectivity index (χ2v) is 5.68. The zero-order valence-corrected chi connectivity index (χ0v) is 13.6. The van der Waals surface area contributed by atoms with Crippen molar-refractivity contribution in [1.82, 2.24) is 4.57 Å². The maximum absolute atomic E-state index is 5.30. The van der Waals surface area contributed by atoms with Crippen molar-refractivity contribution in [2.75, 3.05) is 14.2 Å². The van der Waals surface area contributed by atoms with Gasteiger partial charge in [-0.1, -0.05) is 15.9 Å². The molecule has 0 atom stereocenters. The van der Waals surface area contributed by atoms with Crippen LogP contribution in [0.1, 0.15) is 5.56 Å². The summed E-state index contributed by atoms with van der Waals surface area (Å²) < 4.78 is 13.9. The summed E-state index contributed by atoms with van der Waals surface area (Å²) in [6.45, 7) is 0.785. The number of hydrogen-bond donors (Lipinski definition) is 0. The van der Waals surface area contributed by atoms with Gasteiger partial charge in [-0.15, -0.1) is 0 Å². The molecule has 0 unspecified atom stereocenters. The third-order valence-corrected chi connectivity index (χ3v) is 4.35. The first kappa shape index (κ1) is 14.0. The van der Waals surface area contributed by atoms with Crippen LogP contribution in [0.3, 0.4) is 0 Å². The summed E-state index contributed by atoms with van der Waals surface area (Å²) >= 11 is 3.60. The van der Waals surface area contributed by atoms with Gasteiger partial charge in [-0.05, 0) is 48.0 Å². The van der Waals surface area contributed by atoms with E-state index < -0.39 is 0 Å². The van der Waals surface area contributed by atoms with Gasteiger partial charge in [-0.3, -0.25) is 0 Å². The highest BCUT2D eigenvalue weighted by molar-refractivity contribution is 9.10. The summed E-state index contributed by atoms with van der Waals surface area (Å²) in [5.41, 5.74) is 2.37. The second-order valence-electron chi connectivity index (χ2n) is 4.83. The molecule has 1 aromatic heterocycles. The Bertz CT molecular complexity index is 780. The van der Waals surface area contributed by atoms with E-state index in [-0.39, 0.29) is 0 Å². The van der Waals surface area contributed by atoms with Gasteiger partial charge in [-0.2, -0.15) is 0 Å². The molecule has 0 amide bonds. The van der Waals surface area contributed by atoms with Gasteiger partial charge in [0.15, 0.2) is 0 Å². The number of benzene rings is 2. The molecule has 4 heteroatoms. The Kier molecular flexibility index (Phi) is 3.88. The highest BCUT2D eigenvalue weighted by Crippen LogP contribution is 2.26. The van der Waals surface area contributed by atoms with Gasteiger partial charge in [0, 0.05) is 28.1 Å². The van der Waals surface area contributed by atoms with Crippen LogP contribution in [0.2, 0.25) is 0 Å². The summed E-state index contributed by atoms with van der Waals surface area (Å²) in [5, 5.41) is 1.17. The molecular formula is C17H16BrNO2. The summed E-state index contributed by atoms with van der Waals surface area (Å²) in [7, 11) is 3.37. The van der Waals surface area contributed by atoms with Gasteiger partial charge in [0.2, 0.25) is 0 Å². The number of rotatable bonds is 4. The maximum Gasteiger partial charge on any atom is 0.119 e. The van der Waals surface area contributed by atoms with Crippen molar-refractivity contribution in [1.29, 1.82) is 0 Å². The minimum atomic E-state index is 0.785. The lowest BCUT2D eigenvalue weighted by molar-refractivity contribution is 0.414. The fourth-order valence-electron chi connectivity index (χ4n) is 2.43. The largest absolute Gasteiger partial charge is 0.497 e. The standard InChI is InChI=1S/C17H16BrNO2/c1-20-14-3-5-16(18)13(10-14)11-19-8-7-12-9-15(21-2)4-6-17(12)19/h3-10H,11H2,1-2H3. The van der Waals surface area contributed by atoms with Crippen molar-refractivity contribution < 1.29 is 9.47 Å². The first-order chi connectivity index (χ1) is 10.2.